The van der Waals surface area contributed by atoms with E-state index in [-0.39, 0.29) is 12.0 Å². The Morgan fingerprint density at radius 3 is 3.07 bits per heavy atom. The lowest BCUT2D eigenvalue weighted by atomic mass is 10.0. The van der Waals surface area contributed by atoms with Crippen LogP contribution >= 0.6 is 0 Å². The highest BCUT2D eigenvalue weighted by Gasteiger charge is 2.33. The molecule has 0 saturated carbocycles. The Bertz CT molecular complexity index is 966. The Morgan fingerprint density at radius 1 is 1.11 bits per heavy atom. The van der Waals surface area contributed by atoms with Crippen LogP contribution in [0.25, 0.3) is 0 Å². The molecule has 2 unspecified atom stereocenters. The normalized spacial score (nSPS) is 23.4. The first kappa shape index (κ1) is 15.1. The fraction of sp³-hybridized carbons (Fsp3) is 0.500. The Labute approximate surface area is 154 Å². The summed E-state index contributed by atoms with van der Waals surface area (Å²) in [5.41, 5.74) is 2.91. The lowest BCUT2D eigenvalue weighted by molar-refractivity contribution is 0.167. The van der Waals surface area contributed by atoms with Gasteiger partial charge in [0.05, 0.1) is 30.1 Å². The van der Waals surface area contributed by atoms with Crippen molar-refractivity contribution in [1.29, 1.82) is 0 Å². The maximum atomic E-state index is 6.01. The number of aromatic amines is 2. The van der Waals surface area contributed by atoms with E-state index in [0.717, 1.165) is 60.8 Å². The zero-order chi connectivity index (χ0) is 17.8. The number of aromatic nitrogens is 5. The molecular weight excluding hydrogens is 350 g/mol. The molecule has 3 aromatic heterocycles. The molecule has 0 spiro atoms. The maximum absolute atomic E-state index is 6.01. The lowest BCUT2D eigenvalue weighted by Crippen LogP contribution is -2.19. The molecule has 2 N–H and O–H groups in total. The number of fused-ring (bicyclic) bond motifs is 3. The van der Waals surface area contributed by atoms with Crippen molar-refractivity contribution in [2.24, 2.45) is 0 Å². The highest BCUT2D eigenvalue weighted by molar-refractivity contribution is 5.31. The van der Waals surface area contributed by atoms with E-state index in [1.165, 1.54) is 0 Å². The molecule has 0 fully saturated rings. The second kappa shape index (κ2) is 5.77. The average Bonchev–Trinajstić information content (AvgIpc) is 3.42. The minimum atomic E-state index is -0.120. The first-order valence-electron chi connectivity index (χ1n) is 9.36. The summed E-state index contributed by atoms with van der Waals surface area (Å²) < 4.78 is 23.3. The van der Waals surface area contributed by atoms with Crippen molar-refractivity contribution < 1.29 is 18.6 Å². The summed E-state index contributed by atoms with van der Waals surface area (Å²) in [6, 6.07) is 0. The summed E-state index contributed by atoms with van der Waals surface area (Å²) in [6.07, 6.45) is 5.94. The second-order valence-electron chi connectivity index (χ2n) is 7.21. The highest BCUT2D eigenvalue weighted by Crippen LogP contribution is 2.37. The highest BCUT2D eigenvalue weighted by atomic mass is 16.6. The molecule has 0 aromatic carbocycles. The van der Waals surface area contributed by atoms with Gasteiger partial charge in [-0.3, -0.25) is 5.10 Å². The van der Waals surface area contributed by atoms with Crippen LogP contribution in [0.5, 0.6) is 17.6 Å². The van der Waals surface area contributed by atoms with E-state index in [1.807, 2.05) is 0 Å². The minimum absolute atomic E-state index is 0.0488. The Balaban J connectivity index is 1.23. The summed E-state index contributed by atoms with van der Waals surface area (Å²) >= 11 is 0. The van der Waals surface area contributed by atoms with Gasteiger partial charge in [0.15, 0.2) is 17.7 Å². The largest absolute Gasteiger partial charge is 0.479 e. The molecule has 27 heavy (non-hydrogen) atoms. The third-order valence-corrected chi connectivity index (χ3v) is 5.36. The molecule has 0 bridgehead atoms. The van der Waals surface area contributed by atoms with Crippen molar-refractivity contribution in [3.8, 4) is 17.6 Å². The van der Waals surface area contributed by atoms with Crippen LogP contribution in [0.2, 0.25) is 0 Å². The van der Waals surface area contributed by atoms with E-state index in [2.05, 4.69) is 25.1 Å². The molecule has 3 aromatic rings. The van der Waals surface area contributed by atoms with Gasteiger partial charge in [-0.2, -0.15) is 10.1 Å². The SMILES string of the molecule is c1n[nH]c2c1OC(c1nc3c([nH]1)CC(c1nc4c(o1)OCCC4)CO3)CC2. The van der Waals surface area contributed by atoms with Gasteiger partial charge in [0.25, 0.3) is 0 Å². The number of H-pyrrole nitrogens is 2. The molecule has 3 aliphatic heterocycles. The Kier molecular flexibility index (Phi) is 3.23. The quantitative estimate of drug-likeness (QED) is 0.712. The Morgan fingerprint density at radius 2 is 2.11 bits per heavy atom. The van der Waals surface area contributed by atoms with Crippen LogP contribution in [0.3, 0.4) is 0 Å². The van der Waals surface area contributed by atoms with Crippen molar-refractivity contribution in [3.63, 3.8) is 0 Å². The average molecular weight is 369 g/mol. The maximum Gasteiger partial charge on any atom is 0.308 e. The van der Waals surface area contributed by atoms with E-state index in [4.69, 9.17) is 18.6 Å². The third-order valence-electron chi connectivity index (χ3n) is 5.36. The summed E-state index contributed by atoms with van der Waals surface area (Å²) in [5.74, 6) is 3.54. The number of oxazole rings is 1. The number of hydrogen-bond acceptors (Lipinski definition) is 7. The van der Waals surface area contributed by atoms with Crippen LogP contribution in [0.1, 0.15) is 53.7 Å². The van der Waals surface area contributed by atoms with E-state index in [9.17, 15) is 0 Å². The van der Waals surface area contributed by atoms with Crippen molar-refractivity contribution in [2.75, 3.05) is 13.2 Å². The lowest BCUT2D eigenvalue weighted by Gasteiger charge is -2.21. The summed E-state index contributed by atoms with van der Waals surface area (Å²) in [7, 11) is 0. The first-order valence-corrected chi connectivity index (χ1v) is 9.36. The zero-order valence-corrected chi connectivity index (χ0v) is 14.7. The number of rotatable bonds is 2. The number of nitrogens with zero attached hydrogens (tertiary/aromatic N) is 3. The molecule has 0 saturated heterocycles. The number of ether oxygens (including phenoxy) is 3. The predicted octanol–water partition coefficient (Wildman–Crippen LogP) is 2.23. The van der Waals surface area contributed by atoms with Crippen LogP contribution in [0.4, 0.5) is 0 Å². The number of hydrogen-bond donors (Lipinski definition) is 2. The fourth-order valence-electron chi connectivity index (χ4n) is 3.93. The van der Waals surface area contributed by atoms with E-state index in [1.54, 1.807) is 6.20 Å². The summed E-state index contributed by atoms with van der Waals surface area (Å²) in [6.45, 7) is 1.19. The predicted molar refractivity (Wildman–Crippen MR) is 91.1 cm³/mol. The van der Waals surface area contributed by atoms with Crippen LogP contribution in [0, 0.1) is 0 Å². The molecule has 6 heterocycles. The number of nitrogens with one attached hydrogen (secondary N) is 2. The molecule has 6 rings (SSSR count). The fourth-order valence-corrected chi connectivity index (χ4v) is 3.93. The third kappa shape index (κ3) is 2.48. The van der Waals surface area contributed by atoms with Crippen LogP contribution in [-0.4, -0.2) is 38.4 Å². The zero-order valence-electron chi connectivity index (χ0n) is 14.7. The summed E-state index contributed by atoms with van der Waals surface area (Å²) in [4.78, 5) is 12.6. The molecular formula is C18H19N5O4. The van der Waals surface area contributed by atoms with Crippen molar-refractivity contribution in [3.05, 3.63) is 35.0 Å². The van der Waals surface area contributed by atoms with Gasteiger partial charge < -0.3 is 23.6 Å². The van der Waals surface area contributed by atoms with Gasteiger partial charge in [-0.15, -0.1) is 0 Å². The molecule has 2 atom stereocenters. The van der Waals surface area contributed by atoms with Gasteiger partial charge >= 0.3 is 5.95 Å². The first-order chi connectivity index (χ1) is 13.3. The van der Waals surface area contributed by atoms with Gasteiger partial charge in [-0.05, 0) is 19.3 Å². The van der Waals surface area contributed by atoms with Gasteiger partial charge in [-0.1, -0.05) is 0 Å². The van der Waals surface area contributed by atoms with E-state index >= 15 is 0 Å². The van der Waals surface area contributed by atoms with Crippen molar-refractivity contribution in [2.45, 2.75) is 44.1 Å². The molecule has 0 aliphatic carbocycles. The van der Waals surface area contributed by atoms with Gasteiger partial charge in [0.2, 0.25) is 11.8 Å². The monoisotopic (exact) mass is 369 g/mol. The summed E-state index contributed by atoms with van der Waals surface area (Å²) in [5, 5.41) is 7.00. The molecule has 9 heteroatoms. The van der Waals surface area contributed by atoms with Crippen LogP contribution < -0.4 is 14.2 Å². The van der Waals surface area contributed by atoms with E-state index in [0.29, 0.717) is 30.9 Å². The van der Waals surface area contributed by atoms with Crippen LogP contribution in [0.15, 0.2) is 10.6 Å². The number of imidazole rings is 1. The topological polar surface area (TPSA) is 111 Å². The second-order valence-corrected chi connectivity index (χ2v) is 7.21. The van der Waals surface area contributed by atoms with Crippen molar-refractivity contribution >= 4 is 0 Å². The van der Waals surface area contributed by atoms with Gasteiger partial charge in [0.1, 0.15) is 12.3 Å². The van der Waals surface area contributed by atoms with E-state index < -0.39 is 0 Å². The van der Waals surface area contributed by atoms with Crippen molar-refractivity contribution in [1.82, 2.24) is 25.1 Å². The molecule has 3 aliphatic rings. The molecule has 0 radical (unpaired) electrons. The minimum Gasteiger partial charge on any atom is -0.479 e. The Hall–Kier alpha value is -2.97. The van der Waals surface area contributed by atoms with Gasteiger partial charge in [0, 0.05) is 12.8 Å². The smallest absolute Gasteiger partial charge is 0.308 e. The van der Waals surface area contributed by atoms with Crippen LogP contribution in [-0.2, 0) is 19.3 Å². The molecule has 140 valence electrons. The number of aryl methyl sites for hydroxylation is 2. The molecule has 9 nitrogen and oxygen atoms in total. The standard InChI is InChI=1S/C18H19N5O4/c1-2-11-18(24-5-1)27-16(21-11)9-6-12-17(25-8-9)22-15(20-12)13-4-3-10-14(26-13)7-19-23-10/h7,9,13H,1-6,8H2,(H,19,23)(H,20,22). The molecule has 0 amide bonds. The van der Waals surface area contributed by atoms with Gasteiger partial charge in [-0.25, -0.2) is 4.98 Å².